The maximum atomic E-state index is 13.1. The molecule has 2 N–H and O–H groups in total. The Balaban J connectivity index is 3.26. The van der Waals surface area contributed by atoms with Crippen LogP contribution in [0.5, 0.6) is 0 Å². The van der Waals surface area contributed by atoms with Crippen molar-refractivity contribution in [2.45, 2.75) is 31.2 Å². The molecule has 0 aromatic heterocycles. The smallest absolute Gasteiger partial charge is 0.242 e. The van der Waals surface area contributed by atoms with Gasteiger partial charge in [0.1, 0.15) is 12.4 Å². The fourth-order valence-electron chi connectivity index (χ4n) is 1.38. The lowest BCUT2D eigenvalue weighted by atomic mass is 10.2. The molecule has 0 fully saturated rings. The summed E-state index contributed by atoms with van der Waals surface area (Å²) in [5, 5.41) is 8.64. The summed E-state index contributed by atoms with van der Waals surface area (Å²) in [6.07, 6.45) is 0.637. The Morgan fingerprint density at radius 2 is 2.16 bits per heavy atom. The second-order valence-electron chi connectivity index (χ2n) is 4.03. The van der Waals surface area contributed by atoms with Gasteiger partial charge in [-0.05, 0) is 31.5 Å². The zero-order valence-electron chi connectivity index (χ0n) is 10.8. The number of sulfonamides is 1. The molecule has 1 unspecified atom stereocenters. The van der Waals surface area contributed by atoms with Gasteiger partial charge in [0.05, 0.1) is 4.90 Å². The number of rotatable bonds is 4. The van der Waals surface area contributed by atoms with Crippen LogP contribution in [0.25, 0.3) is 0 Å². The molecule has 0 aliphatic heterocycles. The van der Waals surface area contributed by atoms with Crippen LogP contribution in [-0.4, -0.2) is 26.2 Å². The summed E-state index contributed by atoms with van der Waals surface area (Å²) in [4.78, 5) is -0.0878. The molecule has 1 atom stereocenters. The van der Waals surface area contributed by atoms with E-state index in [4.69, 9.17) is 5.11 Å². The Kier molecular flexibility index (Phi) is 5.48. The standard InChI is InChI=1S/C13H16FNO3S/c1-3-10(2)15-19(17,18)13-7-6-12(14)9-11(13)5-4-8-16/h6-7,9-10,15-16H,3,8H2,1-2H3. The van der Waals surface area contributed by atoms with E-state index in [0.29, 0.717) is 6.42 Å². The fourth-order valence-corrected chi connectivity index (χ4v) is 2.85. The van der Waals surface area contributed by atoms with Gasteiger partial charge in [0.25, 0.3) is 0 Å². The predicted molar refractivity (Wildman–Crippen MR) is 70.4 cm³/mol. The second-order valence-corrected chi connectivity index (χ2v) is 5.71. The molecule has 19 heavy (non-hydrogen) atoms. The number of aliphatic hydroxyl groups is 1. The van der Waals surface area contributed by atoms with Crippen LogP contribution >= 0.6 is 0 Å². The van der Waals surface area contributed by atoms with Gasteiger partial charge in [-0.2, -0.15) is 0 Å². The maximum Gasteiger partial charge on any atom is 0.242 e. The summed E-state index contributed by atoms with van der Waals surface area (Å²) in [6, 6.07) is 3.04. The van der Waals surface area contributed by atoms with Gasteiger partial charge in [0.2, 0.25) is 10.0 Å². The molecule has 0 saturated heterocycles. The van der Waals surface area contributed by atoms with Crippen LogP contribution in [0.4, 0.5) is 4.39 Å². The second kappa shape index (κ2) is 6.66. The van der Waals surface area contributed by atoms with Gasteiger partial charge in [-0.3, -0.25) is 0 Å². The molecule has 0 saturated carbocycles. The van der Waals surface area contributed by atoms with Gasteiger partial charge in [-0.1, -0.05) is 18.8 Å². The van der Waals surface area contributed by atoms with Crippen LogP contribution in [0.2, 0.25) is 0 Å². The molecule has 0 radical (unpaired) electrons. The first-order chi connectivity index (χ1) is 8.90. The minimum Gasteiger partial charge on any atom is -0.384 e. The molecule has 4 nitrogen and oxygen atoms in total. The van der Waals surface area contributed by atoms with Gasteiger partial charge in [0.15, 0.2) is 0 Å². The Morgan fingerprint density at radius 3 is 2.74 bits per heavy atom. The summed E-state index contributed by atoms with van der Waals surface area (Å²) >= 11 is 0. The van der Waals surface area contributed by atoms with E-state index >= 15 is 0 Å². The third-order valence-corrected chi connectivity index (χ3v) is 4.15. The van der Waals surface area contributed by atoms with E-state index in [9.17, 15) is 12.8 Å². The number of aliphatic hydroxyl groups excluding tert-OH is 1. The monoisotopic (exact) mass is 285 g/mol. The van der Waals surface area contributed by atoms with E-state index < -0.39 is 22.4 Å². The Morgan fingerprint density at radius 1 is 1.47 bits per heavy atom. The summed E-state index contributed by atoms with van der Waals surface area (Å²) in [5.74, 6) is 4.18. The zero-order valence-corrected chi connectivity index (χ0v) is 11.6. The van der Waals surface area contributed by atoms with Crippen LogP contribution in [0, 0.1) is 17.7 Å². The van der Waals surface area contributed by atoms with Gasteiger partial charge in [0, 0.05) is 11.6 Å². The first kappa shape index (κ1) is 15.6. The summed E-state index contributed by atoms with van der Waals surface area (Å²) < 4.78 is 39.9. The average Bonchev–Trinajstić information content (AvgIpc) is 2.35. The first-order valence-electron chi connectivity index (χ1n) is 5.82. The summed E-state index contributed by atoms with van der Waals surface area (Å²) in [6.45, 7) is 3.17. The van der Waals surface area contributed by atoms with Crippen molar-refractivity contribution >= 4 is 10.0 Å². The van der Waals surface area contributed by atoms with Crippen molar-refractivity contribution < 1.29 is 17.9 Å². The quantitative estimate of drug-likeness (QED) is 0.818. The number of hydrogen-bond donors (Lipinski definition) is 2. The Bertz CT molecular complexity index is 602. The van der Waals surface area contributed by atoms with Gasteiger partial charge in [-0.15, -0.1) is 0 Å². The van der Waals surface area contributed by atoms with Crippen molar-refractivity contribution in [3.63, 3.8) is 0 Å². The van der Waals surface area contributed by atoms with E-state index in [1.54, 1.807) is 6.92 Å². The van der Waals surface area contributed by atoms with Crippen LogP contribution < -0.4 is 4.72 Å². The predicted octanol–water partition coefficient (Wildman–Crippen LogP) is 1.25. The zero-order chi connectivity index (χ0) is 14.5. The van der Waals surface area contributed by atoms with Gasteiger partial charge >= 0.3 is 0 Å². The van der Waals surface area contributed by atoms with Crippen LogP contribution in [0.1, 0.15) is 25.8 Å². The largest absolute Gasteiger partial charge is 0.384 e. The maximum absolute atomic E-state index is 13.1. The highest BCUT2D eigenvalue weighted by Gasteiger charge is 2.20. The van der Waals surface area contributed by atoms with E-state index in [0.717, 1.165) is 12.1 Å². The number of halogens is 1. The summed E-state index contributed by atoms with van der Waals surface area (Å²) in [5.41, 5.74) is 0.0323. The highest BCUT2D eigenvalue weighted by atomic mass is 32.2. The van der Waals surface area contributed by atoms with Crippen molar-refractivity contribution in [2.24, 2.45) is 0 Å². The summed E-state index contributed by atoms with van der Waals surface area (Å²) in [7, 11) is -3.75. The van der Waals surface area contributed by atoms with E-state index in [2.05, 4.69) is 16.6 Å². The third-order valence-electron chi connectivity index (χ3n) is 2.50. The first-order valence-corrected chi connectivity index (χ1v) is 7.30. The molecule has 1 aromatic carbocycles. The van der Waals surface area contributed by atoms with Crippen molar-refractivity contribution in [1.82, 2.24) is 4.72 Å². The molecule has 0 aliphatic carbocycles. The highest BCUT2D eigenvalue weighted by molar-refractivity contribution is 7.89. The molecule has 0 aliphatic rings. The molecular formula is C13H16FNO3S. The molecule has 0 bridgehead atoms. The molecule has 104 valence electrons. The van der Waals surface area contributed by atoms with Crippen molar-refractivity contribution in [1.29, 1.82) is 0 Å². The molecule has 1 aromatic rings. The average molecular weight is 285 g/mol. The molecular weight excluding hydrogens is 269 g/mol. The normalized spacial score (nSPS) is 12.6. The van der Waals surface area contributed by atoms with Crippen LogP contribution in [0.3, 0.4) is 0 Å². The van der Waals surface area contributed by atoms with E-state index in [-0.39, 0.29) is 16.5 Å². The van der Waals surface area contributed by atoms with Crippen molar-refractivity contribution in [3.05, 3.63) is 29.6 Å². The van der Waals surface area contributed by atoms with E-state index in [1.807, 2.05) is 6.92 Å². The molecule has 1 rings (SSSR count). The van der Waals surface area contributed by atoms with Crippen LogP contribution in [-0.2, 0) is 10.0 Å². The Hall–Kier alpha value is -1.42. The lowest BCUT2D eigenvalue weighted by Gasteiger charge is -2.13. The lowest BCUT2D eigenvalue weighted by Crippen LogP contribution is -2.32. The highest BCUT2D eigenvalue weighted by Crippen LogP contribution is 2.17. The SMILES string of the molecule is CCC(C)NS(=O)(=O)c1ccc(F)cc1C#CCO. The fraction of sp³-hybridized carbons (Fsp3) is 0.385. The minimum absolute atomic E-state index is 0.0323. The topological polar surface area (TPSA) is 66.4 Å². The Labute approximate surface area is 112 Å². The van der Waals surface area contributed by atoms with Crippen molar-refractivity contribution in [3.8, 4) is 11.8 Å². The van der Waals surface area contributed by atoms with Gasteiger partial charge < -0.3 is 5.11 Å². The number of hydrogen-bond acceptors (Lipinski definition) is 3. The minimum atomic E-state index is -3.75. The van der Waals surface area contributed by atoms with Crippen LogP contribution in [0.15, 0.2) is 23.1 Å². The number of nitrogens with one attached hydrogen (secondary N) is 1. The number of benzene rings is 1. The molecule has 0 spiro atoms. The molecule has 0 heterocycles. The lowest BCUT2D eigenvalue weighted by molar-refractivity contribution is 0.350. The molecule has 6 heteroatoms. The van der Waals surface area contributed by atoms with E-state index in [1.165, 1.54) is 6.07 Å². The van der Waals surface area contributed by atoms with Crippen molar-refractivity contribution in [2.75, 3.05) is 6.61 Å². The third kappa shape index (κ3) is 4.31. The molecule has 0 amide bonds. The van der Waals surface area contributed by atoms with Gasteiger partial charge in [-0.25, -0.2) is 17.5 Å².